The lowest BCUT2D eigenvalue weighted by Crippen LogP contribution is -2.31. The second-order valence-corrected chi connectivity index (χ2v) is 3.84. The molecule has 0 fully saturated rings. The van der Waals surface area contributed by atoms with Crippen LogP contribution in [0.3, 0.4) is 0 Å². The summed E-state index contributed by atoms with van der Waals surface area (Å²) in [6, 6.07) is -0.822. The third-order valence-corrected chi connectivity index (χ3v) is 2.49. The number of aliphatic carboxylic acids is 1. The van der Waals surface area contributed by atoms with Crippen LogP contribution in [0.4, 0.5) is 0 Å². The maximum Gasteiger partial charge on any atom is 0.320 e. The molecule has 4 N–H and O–H groups in total. The quantitative estimate of drug-likeness (QED) is 0.510. The Morgan fingerprint density at radius 1 is 1.57 bits per heavy atom. The van der Waals surface area contributed by atoms with Crippen LogP contribution in [0.5, 0.6) is 0 Å². The summed E-state index contributed by atoms with van der Waals surface area (Å²) in [5, 5.41) is 11.1. The van der Waals surface area contributed by atoms with Gasteiger partial charge in [0.1, 0.15) is 6.04 Å². The van der Waals surface area contributed by atoms with Gasteiger partial charge in [0.15, 0.2) is 0 Å². The summed E-state index contributed by atoms with van der Waals surface area (Å²) >= 11 is 1.39. The van der Waals surface area contributed by atoms with E-state index in [0.717, 1.165) is 0 Å². The SMILES string of the molecule is CCNC(=O)CSCCC(N)C(=O)O. The fraction of sp³-hybridized carbons (Fsp3) is 0.750. The molecule has 1 atom stereocenters. The third-order valence-electron chi connectivity index (χ3n) is 1.50. The lowest BCUT2D eigenvalue weighted by atomic mass is 10.2. The van der Waals surface area contributed by atoms with Crippen molar-refractivity contribution in [1.29, 1.82) is 0 Å². The molecule has 0 radical (unpaired) electrons. The van der Waals surface area contributed by atoms with E-state index in [0.29, 0.717) is 24.5 Å². The van der Waals surface area contributed by atoms with Gasteiger partial charge in [-0.05, 0) is 19.1 Å². The maximum atomic E-state index is 10.9. The lowest BCUT2D eigenvalue weighted by Gasteiger charge is -2.05. The number of carboxylic acids is 1. The van der Waals surface area contributed by atoms with Gasteiger partial charge in [0.05, 0.1) is 5.75 Å². The molecule has 0 aliphatic heterocycles. The van der Waals surface area contributed by atoms with Crippen LogP contribution >= 0.6 is 11.8 Å². The van der Waals surface area contributed by atoms with E-state index >= 15 is 0 Å². The molecule has 0 saturated carbocycles. The van der Waals surface area contributed by atoms with Gasteiger partial charge in [0.2, 0.25) is 5.91 Å². The van der Waals surface area contributed by atoms with Gasteiger partial charge in [-0.3, -0.25) is 9.59 Å². The molecular weight excluding hydrogens is 204 g/mol. The Hall–Kier alpha value is -0.750. The number of hydrogen-bond acceptors (Lipinski definition) is 4. The summed E-state index contributed by atoms with van der Waals surface area (Å²) < 4.78 is 0. The van der Waals surface area contributed by atoms with Gasteiger partial charge >= 0.3 is 5.97 Å². The molecule has 0 aromatic carbocycles. The largest absolute Gasteiger partial charge is 0.480 e. The Morgan fingerprint density at radius 2 is 2.21 bits per heavy atom. The minimum atomic E-state index is -0.997. The fourth-order valence-electron chi connectivity index (χ4n) is 0.747. The predicted octanol–water partition coefficient (Wildman–Crippen LogP) is -0.342. The summed E-state index contributed by atoms with van der Waals surface area (Å²) in [5.41, 5.74) is 5.28. The van der Waals surface area contributed by atoms with Crippen LogP contribution in [0.1, 0.15) is 13.3 Å². The highest BCUT2D eigenvalue weighted by atomic mass is 32.2. The molecule has 0 spiro atoms. The van der Waals surface area contributed by atoms with Crippen LogP contribution < -0.4 is 11.1 Å². The number of carbonyl (C=O) groups excluding carboxylic acids is 1. The predicted molar refractivity (Wildman–Crippen MR) is 56.2 cm³/mol. The summed E-state index contributed by atoms with van der Waals surface area (Å²) in [6.07, 6.45) is 0.388. The molecular formula is C8H16N2O3S. The number of carboxylic acid groups (broad SMARTS) is 1. The molecule has 82 valence electrons. The van der Waals surface area contributed by atoms with Gasteiger partial charge in [-0.25, -0.2) is 0 Å². The third kappa shape index (κ3) is 6.73. The first-order valence-corrected chi connectivity index (χ1v) is 5.56. The van der Waals surface area contributed by atoms with Crippen molar-refractivity contribution in [2.45, 2.75) is 19.4 Å². The number of carbonyl (C=O) groups is 2. The molecule has 14 heavy (non-hydrogen) atoms. The average Bonchev–Trinajstić information content (AvgIpc) is 2.12. The Morgan fingerprint density at radius 3 is 2.71 bits per heavy atom. The van der Waals surface area contributed by atoms with Crippen molar-refractivity contribution in [3.05, 3.63) is 0 Å². The van der Waals surface area contributed by atoms with Crippen LogP contribution in [0.15, 0.2) is 0 Å². The highest BCUT2D eigenvalue weighted by molar-refractivity contribution is 7.99. The number of rotatable bonds is 7. The number of hydrogen-bond donors (Lipinski definition) is 3. The van der Waals surface area contributed by atoms with E-state index in [4.69, 9.17) is 10.8 Å². The zero-order valence-electron chi connectivity index (χ0n) is 8.16. The van der Waals surface area contributed by atoms with Crippen molar-refractivity contribution in [2.24, 2.45) is 5.73 Å². The molecule has 0 saturated heterocycles. The Bertz CT molecular complexity index is 199. The molecule has 0 aliphatic rings. The zero-order valence-corrected chi connectivity index (χ0v) is 8.97. The Balaban J connectivity index is 3.37. The van der Waals surface area contributed by atoms with Gasteiger partial charge in [-0.1, -0.05) is 0 Å². The van der Waals surface area contributed by atoms with Crippen LogP contribution in [-0.4, -0.2) is 41.1 Å². The summed E-state index contributed by atoms with van der Waals surface area (Å²) in [5.74, 6) is -0.0740. The highest BCUT2D eigenvalue weighted by Crippen LogP contribution is 2.03. The van der Waals surface area contributed by atoms with Crippen LogP contribution in [0.25, 0.3) is 0 Å². The first-order chi connectivity index (χ1) is 6.57. The highest BCUT2D eigenvalue weighted by Gasteiger charge is 2.10. The second-order valence-electron chi connectivity index (χ2n) is 2.74. The molecule has 5 nitrogen and oxygen atoms in total. The molecule has 6 heteroatoms. The Kier molecular flexibility index (Phi) is 7.23. The van der Waals surface area contributed by atoms with Crippen molar-refractivity contribution in [2.75, 3.05) is 18.1 Å². The monoisotopic (exact) mass is 220 g/mol. The summed E-state index contributed by atoms with van der Waals surface area (Å²) in [4.78, 5) is 21.3. The standard InChI is InChI=1S/C8H16N2O3S/c1-2-10-7(11)5-14-4-3-6(9)8(12)13/h6H,2-5,9H2,1H3,(H,10,11)(H,12,13). The van der Waals surface area contributed by atoms with Crippen molar-refractivity contribution in [3.8, 4) is 0 Å². The van der Waals surface area contributed by atoms with E-state index in [2.05, 4.69) is 5.32 Å². The van der Waals surface area contributed by atoms with Gasteiger partial charge < -0.3 is 16.2 Å². The van der Waals surface area contributed by atoms with Crippen LogP contribution in [0, 0.1) is 0 Å². The summed E-state index contributed by atoms with van der Waals surface area (Å²) in [7, 11) is 0. The van der Waals surface area contributed by atoms with E-state index in [9.17, 15) is 9.59 Å². The van der Waals surface area contributed by atoms with Crippen LogP contribution in [0.2, 0.25) is 0 Å². The molecule has 0 heterocycles. The molecule has 0 aromatic heterocycles. The molecule has 0 bridgehead atoms. The Labute approximate surface area is 87.4 Å². The van der Waals surface area contributed by atoms with Gasteiger partial charge in [0, 0.05) is 6.54 Å². The first-order valence-electron chi connectivity index (χ1n) is 4.40. The molecule has 0 aliphatic carbocycles. The van der Waals surface area contributed by atoms with Gasteiger partial charge in [-0.15, -0.1) is 0 Å². The van der Waals surface area contributed by atoms with Crippen molar-refractivity contribution < 1.29 is 14.7 Å². The normalized spacial score (nSPS) is 12.1. The van der Waals surface area contributed by atoms with E-state index < -0.39 is 12.0 Å². The van der Waals surface area contributed by atoms with Crippen LogP contribution in [-0.2, 0) is 9.59 Å². The minimum Gasteiger partial charge on any atom is -0.480 e. The number of thioether (sulfide) groups is 1. The first kappa shape index (κ1) is 13.2. The zero-order chi connectivity index (χ0) is 11.0. The van der Waals surface area contributed by atoms with Gasteiger partial charge in [-0.2, -0.15) is 11.8 Å². The van der Waals surface area contributed by atoms with Gasteiger partial charge in [0.25, 0.3) is 0 Å². The number of amides is 1. The average molecular weight is 220 g/mol. The second kappa shape index (κ2) is 7.64. The molecule has 1 amide bonds. The van der Waals surface area contributed by atoms with E-state index in [1.807, 2.05) is 6.92 Å². The van der Waals surface area contributed by atoms with E-state index in [-0.39, 0.29) is 5.91 Å². The molecule has 1 unspecified atom stereocenters. The topological polar surface area (TPSA) is 92.4 Å². The lowest BCUT2D eigenvalue weighted by molar-refractivity contribution is -0.138. The van der Waals surface area contributed by atoms with Crippen molar-refractivity contribution >= 4 is 23.6 Å². The molecule has 0 rings (SSSR count). The fourth-order valence-corrected chi connectivity index (χ4v) is 1.60. The van der Waals surface area contributed by atoms with Crippen molar-refractivity contribution in [1.82, 2.24) is 5.32 Å². The maximum absolute atomic E-state index is 10.9. The smallest absolute Gasteiger partial charge is 0.320 e. The molecule has 0 aromatic rings. The minimum absolute atomic E-state index is 0.0265. The van der Waals surface area contributed by atoms with E-state index in [1.165, 1.54) is 11.8 Å². The number of nitrogens with two attached hydrogens (primary N) is 1. The van der Waals surface area contributed by atoms with Crippen molar-refractivity contribution in [3.63, 3.8) is 0 Å². The number of nitrogens with one attached hydrogen (secondary N) is 1. The summed E-state index contributed by atoms with van der Waals surface area (Å²) in [6.45, 7) is 2.47. The van der Waals surface area contributed by atoms with E-state index in [1.54, 1.807) is 0 Å².